The quantitative estimate of drug-likeness (QED) is 0.587. The number of carbonyl (C=O) groups is 1. The summed E-state index contributed by atoms with van der Waals surface area (Å²) in [5.41, 5.74) is 4.46. The molecule has 0 heterocycles. The fraction of sp³-hybridized carbons (Fsp3) is 0.481. The highest BCUT2D eigenvalue weighted by Gasteiger charge is 2.57. The van der Waals surface area contributed by atoms with Crippen LogP contribution >= 0.6 is 0 Å². The third-order valence-electron chi connectivity index (χ3n) is 7.83. The van der Waals surface area contributed by atoms with Crippen molar-refractivity contribution in [2.75, 3.05) is 6.61 Å². The Morgan fingerprint density at radius 2 is 1.97 bits per heavy atom. The highest BCUT2D eigenvalue weighted by atomic mass is 16.6. The smallest absolute Gasteiger partial charge is 0.186 e. The molecular formula is C27H31NO3. The molecule has 0 aliphatic heterocycles. The van der Waals surface area contributed by atoms with Crippen molar-refractivity contribution in [3.63, 3.8) is 0 Å². The average molecular weight is 418 g/mol. The number of aryl methyl sites for hydroxylation is 1. The highest BCUT2D eigenvalue weighted by molar-refractivity contribution is 6.43. The van der Waals surface area contributed by atoms with E-state index in [2.05, 4.69) is 42.4 Å². The van der Waals surface area contributed by atoms with Crippen LogP contribution in [0, 0.1) is 17.3 Å². The van der Waals surface area contributed by atoms with Crippen LogP contribution in [-0.2, 0) is 22.7 Å². The summed E-state index contributed by atoms with van der Waals surface area (Å²) in [6, 6.07) is 16.9. The van der Waals surface area contributed by atoms with E-state index < -0.39 is 0 Å². The summed E-state index contributed by atoms with van der Waals surface area (Å²) in [7, 11) is 0. The lowest BCUT2D eigenvalue weighted by Gasteiger charge is -2.47. The first kappa shape index (κ1) is 20.3. The molecule has 0 bridgehead atoms. The Morgan fingerprint density at radius 1 is 1.13 bits per heavy atom. The van der Waals surface area contributed by atoms with Gasteiger partial charge >= 0.3 is 0 Å². The summed E-state index contributed by atoms with van der Waals surface area (Å²) in [5.74, 6) is 2.62. The van der Waals surface area contributed by atoms with Crippen molar-refractivity contribution in [1.82, 2.24) is 0 Å². The molecule has 2 fully saturated rings. The maximum atomic E-state index is 13.1. The van der Waals surface area contributed by atoms with E-state index in [-0.39, 0.29) is 11.2 Å². The second-order valence-electron chi connectivity index (χ2n) is 9.50. The molecule has 2 aromatic carbocycles. The van der Waals surface area contributed by atoms with Gasteiger partial charge in [0.25, 0.3) is 0 Å². The van der Waals surface area contributed by atoms with E-state index in [0.717, 1.165) is 37.9 Å². The summed E-state index contributed by atoms with van der Waals surface area (Å²) in [6.07, 6.45) is 4.97. The van der Waals surface area contributed by atoms with Gasteiger partial charge in [-0.25, -0.2) is 0 Å². The minimum atomic E-state index is -0.270. The predicted octanol–water partition coefficient (Wildman–Crippen LogP) is 5.69. The topological polar surface area (TPSA) is 47.9 Å². The monoisotopic (exact) mass is 417 g/mol. The van der Waals surface area contributed by atoms with Crippen molar-refractivity contribution >= 4 is 11.5 Å². The zero-order valence-electron chi connectivity index (χ0n) is 18.5. The molecule has 0 radical (unpaired) electrons. The van der Waals surface area contributed by atoms with Gasteiger partial charge in [0.15, 0.2) is 5.78 Å². The van der Waals surface area contributed by atoms with E-state index >= 15 is 0 Å². The molecule has 31 heavy (non-hydrogen) atoms. The Balaban J connectivity index is 1.34. The van der Waals surface area contributed by atoms with Gasteiger partial charge in [-0.15, -0.1) is 0 Å². The first-order chi connectivity index (χ1) is 15.1. The van der Waals surface area contributed by atoms with E-state index in [0.29, 0.717) is 36.7 Å². The van der Waals surface area contributed by atoms with Crippen LogP contribution in [0.1, 0.15) is 62.1 Å². The van der Waals surface area contributed by atoms with E-state index in [1.165, 1.54) is 16.7 Å². The minimum absolute atomic E-state index is 0.222. The van der Waals surface area contributed by atoms with Crippen molar-refractivity contribution in [3.05, 3.63) is 65.2 Å². The van der Waals surface area contributed by atoms with Crippen LogP contribution in [0.4, 0.5) is 0 Å². The molecule has 0 unspecified atom stereocenters. The lowest BCUT2D eigenvalue weighted by molar-refractivity contribution is -0.125. The summed E-state index contributed by atoms with van der Waals surface area (Å²) >= 11 is 0. The molecular weight excluding hydrogens is 386 g/mol. The van der Waals surface area contributed by atoms with Gasteiger partial charge in [0, 0.05) is 11.8 Å². The number of nitrogens with zero attached hydrogens (tertiary/aromatic N) is 1. The van der Waals surface area contributed by atoms with Crippen molar-refractivity contribution in [3.8, 4) is 5.75 Å². The third kappa shape index (κ3) is 3.56. The van der Waals surface area contributed by atoms with Gasteiger partial charge in [-0.05, 0) is 79.2 Å². The zero-order valence-corrected chi connectivity index (χ0v) is 18.5. The molecule has 0 N–H and O–H groups in total. The summed E-state index contributed by atoms with van der Waals surface area (Å²) in [5, 5.41) is 4.18. The van der Waals surface area contributed by atoms with Crippen LogP contribution < -0.4 is 4.74 Å². The molecule has 0 saturated heterocycles. The standard InChI is InChI=1S/C27H31NO3/c1-3-31-28-25-16-24-23-11-9-19-15-20(30-17-18-7-5-4-6-8-18)10-12-21(19)22(23)13-14-27(24,2)26(25)29/h4-8,10,12,15,22-24H,3,9,11,13-14,16-17H2,1-2H3/b28-25+/t22-,23-,24+,27+/m1/s1. The lowest BCUT2D eigenvalue weighted by atomic mass is 9.55. The Bertz CT molecular complexity index is 999. The third-order valence-corrected chi connectivity index (χ3v) is 7.83. The Hall–Kier alpha value is -2.62. The van der Waals surface area contributed by atoms with Crippen LogP contribution in [0.3, 0.4) is 0 Å². The number of oxime groups is 1. The molecule has 4 heteroatoms. The van der Waals surface area contributed by atoms with Gasteiger partial charge in [-0.3, -0.25) is 4.79 Å². The molecule has 3 aliphatic carbocycles. The fourth-order valence-corrected chi connectivity index (χ4v) is 6.22. The number of ketones is 1. The van der Waals surface area contributed by atoms with Crippen molar-refractivity contribution in [2.45, 2.75) is 58.5 Å². The normalized spacial score (nSPS) is 30.5. The number of benzene rings is 2. The van der Waals surface area contributed by atoms with Crippen molar-refractivity contribution in [2.24, 2.45) is 22.4 Å². The minimum Gasteiger partial charge on any atom is -0.489 e. The van der Waals surface area contributed by atoms with Gasteiger partial charge in [0.05, 0.1) is 0 Å². The Morgan fingerprint density at radius 3 is 2.77 bits per heavy atom. The van der Waals surface area contributed by atoms with Crippen LogP contribution in [0.25, 0.3) is 0 Å². The average Bonchev–Trinajstić information content (AvgIpc) is 3.07. The number of ether oxygens (including phenoxy) is 1. The van der Waals surface area contributed by atoms with Gasteiger partial charge in [-0.2, -0.15) is 0 Å². The van der Waals surface area contributed by atoms with E-state index in [1.807, 2.05) is 25.1 Å². The number of hydrogen-bond acceptors (Lipinski definition) is 4. The molecule has 3 aliphatic rings. The largest absolute Gasteiger partial charge is 0.489 e. The van der Waals surface area contributed by atoms with Gasteiger partial charge in [-0.1, -0.05) is 48.5 Å². The molecule has 2 saturated carbocycles. The number of fused-ring (bicyclic) bond motifs is 5. The first-order valence-corrected chi connectivity index (χ1v) is 11.6. The number of hydrogen-bond donors (Lipinski definition) is 0. The van der Waals surface area contributed by atoms with Crippen LogP contribution in [0.15, 0.2) is 53.7 Å². The number of carbonyl (C=O) groups excluding carboxylic acids is 1. The second kappa shape index (κ2) is 8.14. The molecule has 0 aromatic heterocycles. The Kier molecular flexibility index (Phi) is 5.33. The van der Waals surface area contributed by atoms with E-state index in [4.69, 9.17) is 9.57 Å². The molecule has 5 rings (SSSR count). The van der Waals surface area contributed by atoms with E-state index in [1.54, 1.807) is 0 Å². The maximum Gasteiger partial charge on any atom is 0.186 e. The van der Waals surface area contributed by atoms with Crippen molar-refractivity contribution in [1.29, 1.82) is 0 Å². The molecule has 162 valence electrons. The summed E-state index contributed by atoms with van der Waals surface area (Å²) in [6.45, 7) is 5.17. The molecule has 4 nitrogen and oxygen atoms in total. The molecule has 0 amide bonds. The van der Waals surface area contributed by atoms with Gasteiger partial charge < -0.3 is 9.57 Å². The zero-order chi connectivity index (χ0) is 21.4. The lowest BCUT2D eigenvalue weighted by Crippen LogP contribution is -2.42. The highest BCUT2D eigenvalue weighted by Crippen LogP contribution is 2.59. The maximum absolute atomic E-state index is 13.1. The van der Waals surface area contributed by atoms with Crippen LogP contribution in [0.5, 0.6) is 5.75 Å². The number of Topliss-reactive ketones (excluding diaryl/α,β-unsaturated/α-hetero) is 1. The SMILES string of the molecule is CCO/N=C1\C[C@H]2[C@@H]3CCc4cc(OCc5ccccc5)ccc4[C@H]3CC[C@]2(C)C1=O. The van der Waals surface area contributed by atoms with Crippen LogP contribution in [-0.4, -0.2) is 18.1 Å². The summed E-state index contributed by atoms with van der Waals surface area (Å²) in [4.78, 5) is 18.3. The van der Waals surface area contributed by atoms with Gasteiger partial charge in [0.1, 0.15) is 24.7 Å². The first-order valence-electron chi connectivity index (χ1n) is 11.6. The molecule has 0 spiro atoms. The second-order valence-corrected chi connectivity index (χ2v) is 9.50. The molecule has 2 aromatic rings. The number of rotatable bonds is 5. The van der Waals surface area contributed by atoms with Crippen molar-refractivity contribution < 1.29 is 14.4 Å². The summed E-state index contributed by atoms with van der Waals surface area (Å²) < 4.78 is 6.07. The van der Waals surface area contributed by atoms with Crippen LogP contribution in [0.2, 0.25) is 0 Å². The predicted molar refractivity (Wildman–Crippen MR) is 121 cm³/mol. The fourth-order valence-electron chi connectivity index (χ4n) is 6.22. The molecule has 4 atom stereocenters. The Labute approximate surface area is 184 Å². The van der Waals surface area contributed by atoms with E-state index in [9.17, 15) is 4.79 Å². The van der Waals surface area contributed by atoms with Gasteiger partial charge in [0.2, 0.25) is 0 Å².